The monoisotopic (exact) mass is 278 g/mol. The van der Waals surface area contributed by atoms with Crippen LogP contribution in [0.5, 0.6) is 0 Å². The molecule has 1 aromatic carbocycles. The van der Waals surface area contributed by atoms with E-state index in [-0.39, 0.29) is 17.2 Å². The first kappa shape index (κ1) is 13.7. The van der Waals surface area contributed by atoms with Crippen LogP contribution in [0.1, 0.15) is 20.8 Å². The van der Waals surface area contributed by atoms with Gasteiger partial charge in [-0.15, -0.1) is 0 Å². The van der Waals surface area contributed by atoms with E-state index in [2.05, 4.69) is 15.3 Å². The lowest BCUT2D eigenvalue weighted by Gasteiger charge is -2.12. The van der Waals surface area contributed by atoms with E-state index in [1.165, 1.54) is 11.8 Å². The summed E-state index contributed by atoms with van der Waals surface area (Å²) in [6.45, 7) is 5.75. The van der Waals surface area contributed by atoms with E-state index in [4.69, 9.17) is 5.73 Å². The molecule has 2 rings (SSSR count). The maximum atomic E-state index is 11.8. The third-order valence-electron chi connectivity index (χ3n) is 2.57. The van der Waals surface area contributed by atoms with Crippen molar-refractivity contribution in [1.29, 1.82) is 0 Å². The van der Waals surface area contributed by atoms with Gasteiger partial charge >= 0.3 is 0 Å². The molecule has 0 saturated heterocycles. The number of rotatable bonds is 4. The van der Waals surface area contributed by atoms with E-state index in [1.807, 2.05) is 39.0 Å². The van der Waals surface area contributed by atoms with Crippen LogP contribution in [-0.2, 0) is 4.79 Å². The average molecular weight is 278 g/mol. The van der Waals surface area contributed by atoms with Crippen LogP contribution in [0.25, 0.3) is 11.0 Å². The van der Waals surface area contributed by atoms with Crippen molar-refractivity contribution in [3.05, 3.63) is 18.2 Å². The topological polar surface area (TPSA) is 83.8 Å². The number of carbonyl (C=O) groups excluding carboxylic acids is 1. The number of H-pyrrole nitrogens is 1. The standard InChI is InChI=1S/C13H18N4OS/c1-7(2)15-12(18)8(3)19-13-16-10-5-4-9(14)6-11(10)17-13/h4-8H,14H2,1-3H3,(H,15,18)(H,16,17). The zero-order valence-electron chi connectivity index (χ0n) is 11.2. The summed E-state index contributed by atoms with van der Waals surface area (Å²) in [5.74, 6) is 0.0139. The van der Waals surface area contributed by atoms with Crippen molar-refractivity contribution < 1.29 is 4.79 Å². The number of nitrogen functional groups attached to an aromatic ring is 1. The Hall–Kier alpha value is -1.69. The van der Waals surface area contributed by atoms with Crippen LogP contribution in [0.3, 0.4) is 0 Å². The minimum Gasteiger partial charge on any atom is -0.399 e. The molecule has 1 aromatic heterocycles. The molecule has 0 saturated carbocycles. The zero-order valence-corrected chi connectivity index (χ0v) is 12.0. The number of hydrogen-bond acceptors (Lipinski definition) is 4. The van der Waals surface area contributed by atoms with Gasteiger partial charge in [-0.2, -0.15) is 0 Å². The number of nitrogens with two attached hydrogens (primary N) is 1. The fraction of sp³-hybridized carbons (Fsp3) is 0.385. The third-order valence-corrected chi connectivity index (χ3v) is 3.56. The van der Waals surface area contributed by atoms with Gasteiger partial charge < -0.3 is 16.0 Å². The van der Waals surface area contributed by atoms with Gasteiger partial charge in [-0.3, -0.25) is 4.79 Å². The summed E-state index contributed by atoms with van der Waals surface area (Å²) in [6, 6.07) is 5.66. The molecule has 5 nitrogen and oxygen atoms in total. The van der Waals surface area contributed by atoms with Crippen LogP contribution < -0.4 is 11.1 Å². The summed E-state index contributed by atoms with van der Waals surface area (Å²) in [6.07, 6.45) is 0. The Labute approximate surface area is 116 Å². The highest BCUT2D eigenvalue weighted by molar-refractivity contribution is 8.00. The second kappa shape index (κ2) is 5.52. The molecule has 6 heteroatoms. The largest absolute Gasteiger partial charge is 0.399 e. The molecule has 19 heavy (non-hydrogen) atoms. The number of thioether (sulfide) groups is 1. The van der Waals surface area contributed by atoms with Crippen molar-refractivity contribution in [1.82, 2.24) is 15.3 Å². The molecule has 0 aliphatic heterocycles. The maximum absolute atomic E-state index is 11.8. The van der Waals surface area contributed by atoms with Crippen LogP contribution in [0, 0.1) is 0 Å². The van der Waals surface area contributed by atoms with Crippen LogP contribution in [0.15, 0.2) is 23.4 Å². The van der Waals surface area contributed by atoms with Crippen molar-refractivity contribution in [3.8, 4) is 0 Å². The van der Waals surface area contributed by atoms with Crippen molar-refractivity contribution in [2.75, 3.05) is 5.73 Å². The van der Waals surface area contributed by atoms with E-state index < -0.39 is 0 Å². The van der Waals surface area contributed by atoms with Gasteiger partial charge in [0, 0.05) is 11.7 Å². The minimum atomic E-state index is -0.194. The first-order valence-corrected chi connectivity index (χ1v) is 7.06. The van der Waals surface area contributed by atoms with Crippen molar-refractivity contribution in [2.45, 2.75) is 37.2 Å². The van der Waals surface area contributed by atoms with Gasteiger partial charge in [-0.25, -0.2) is 4.98 Å². The van der Waals surface area contributed by atoms with E-state index in [1.54, 1.807) is 0 Å². The second-order valence-electron chi connectivity index (χ2n) is 4.74. The molecule has 1 atom stereocenters. The van der Waals surface area contributed by atoms with Crippen molar-refractivity contribution in [3.63, 3.8) is 0 Å². The van der Waals surface area contributed by atoms with Crippen LogP contribution in [-0.4, -0.2) is 27.2 Å². The molecule has 1 amide bonds. The number of carbonyl (C=O) groups is 1. The number of benzene rings is 1. The smallest absolute Gasteiger partial charge is 0.233 e. The lowest BCUT2D eigenvalue weighted by molar-refractivity contribution is -0.120. The van der Waals surface area contributed by atoms with Crippen molar-refractivity contribution in [2.24, 2.45) is 0 Å². The predicted octanol–water partition coefficient (Wildman–Crippen LogP) is 2.15. The summed E-state index contributed by atoms with van der Waals surface area (Å²) < 4.78 is 0. The third kappa shape index (κ3) is 3.41. The number of nitrogens with zero attached hydrogens (tertiary/aromatic N) is 1. The fourth-order valence-electron chi connectivity index (χ4n) is 1.68. The number of anilines is 1. The number of hydrogen-bond donors (Lipinski definition) is 3. The molecule has 1 heterocycles. The number of nitrogens with one attached hydrogen (secondary N) is 2. The van der Waals surface area contributed by atoms with Gasteiger partial charge in [0.2, 0.25) is 5.91 Å². The van der Waals surface area contributed by atoms with Gasteiger partial charge in [0.1, 0.15) is 0 Å². The second-order valence-corrected chi connectivity index (χ2v) is 6.07. The molecular formula is C13H18N4OS. The van der Waals surface area contributed by atoms with Crippen LogP contribution in [0.2, 0.25) is 0 Å². The number of fused-ring (bicyclic) bond motifs is 1. The Balaban J connectivity index is 2.10. The lowest BCUT2D eigenvalue weighted by Crippen LogP contribution is -2.35. The summed E-state index contributed by atoms with van der Waals surface area (Å²) in [4.78, 5) is 19.4. The van der Waals surface area contributed by atoms with Gasteiger partial charge in [0.15, 0.2) is 5.16 Å². The highest BCUT2D eigenvalue weighted by Crippen LogP contribution is 2.24. The molecule has 0 bridgehead atoms. The first-order chi connectivity index (χ1) is 8.95. The highest BCUT2D eigenvalue weighted by atomic mass is 32.2. The quantitative estimate of drug-likeness (QED) is 0.591. The fourth-order valence-corrected chi connectivity index (χ4v) is 2.51. The maximum Gasteiger partial charge on any atom is 0.233 e. The SMILES string of the molecule is CC(C)NC(=O)C(C)Sc1nc2ccc(N)cc2[nH]1. The molecule has 1 unspecified atom stereocenters. The van der Waals surface area contributed by atoms with Crippen molar-refractivity contribution >= 4 is 34.4 Å². The molecule has 0 aliphatic carbocycles. The normalized spacial score (nSPS) is 12.8. The molecular weight excluding hydrogens is 260 g/mol. The van der Waals surface area contributed by atoms with Gasteiger partial charge in [-0.1, -0.05) is 11.8 Å². The van der Waals surface area contributed by atoms with Gasteiger partial charge in [0.25, 0.3) is 0 Å². The Morgan fingerprint density at radius 2 is 2.16 bits per heavy atom. The summed E-state index contributed by atoms with van der Waals surface area (Å²) in [5, 5.41) is 3.42. The van der Waals surface area contributed by atoms with Crippen LogP contribution in [0.4, 0.5) is 5.69 Å². The molecule has 102 valence electrons. The first-order valence-electron chi connectivity index (χ1n) is 6.18. The number of aromatic nitrogens is 2. The number of amides is 1. The number of imidazole rings is 1. The highest BCUT2D eigenvalue weighted by Gasteiger charge is 2.17. The van der Waals surface area contributed by atoms with E-state index in [0.29, 0.717) is 5.69 Å². The average Bonchev–Trinajstić information content (AvgIpc) is 2.69. The lowest BCUT2D eigenvalue weighted by atomic mass is 10.3. The van der Waals surface area contributed by atoms with E-state index in [0.717, 1.165) is 16.2 Å². The molecule has 0 radical (unpaired) electrons. The van der Waals surface area contributed by atoms with E-state index in [9.17, 15) is 4.79 Å². The summed E-state index contributed by atoms with van der Waals surface area (Å²) in [5.41, 5.74) is 8.15. The molecule has 2 aromatic rings. The zero-order chi connectivity index (χ0) is 14.0. The van der Waals surface area contributed by atoms with Crippen LogP contribution >= 0.6 is 11.8 Å². The predicted molar refractivity (Wildman–Crippen MR) is 79.1 cm³/mol. The Morgan fingerprint density at radius 3 is 2.84 bits per heavy atom. The minimum absolute atomic E-state index is 0.0139. The summed E-state index contributed by atoms with van der Waals surface area (Å²) in [7, 11) is 0. The van der Waals surface area contributed by atoms with Gasteiger partial charge in [0.05, 0.1) is 16.3 Å². The van der Waals surface area contributed by atoms with E-state index >= 15 is 0 Å². The Morgan fingerprint density at radius 1 is 1.42 bits per heavy atom. The molecule has 0 spiro atoms. The molecule has 0 aliphatic rings. The number of aromatic amines is 1. The van der Waals surface area contributed by atoms with Gasteiger partial charge in [-0.05, 0) is 39.0 Å². The molecule has 4 N–H and O–H groups in total. The summed E-state index contributed by atoms with van der Waals surface area (Å²) >= 11 is 1.41. The molecule has 0 fully saturated rings. The Kier molecular flexibility index (Phi) is 3.99. The Bertz CT molecular complexity index is 593.